The average Bonchev–Trinajstić information content (AvgIpc) is 2.60. The van der Waals surface area contributed by atoms with Crippen LogP contribution in [-0.2, 0) is 0 Å². The molecular formula is C9H6O2S2. The highest BCUT2D eigenvalue weighted by Crippen LogP contribution is 2.35. The Hall–Kier alpha value is -1.00. The normalized spacial score (nSPS) is 10.5. The van der Waals surface area contributed by atoms with Crippen molar-refractivity contribution in [3.8, 4) is 5.75 Å². The Labute approximate surface area is 84.2 Å². The maximum absolute atomic E-state index is 10.6. The SMILES string of the molecule is O=Cc1cc(O)c2sccc2c1S. The molecule has 1 aromatic heterocycles. The summed E-state index contributed by atoms with van der Waals surface area (Å²) in [7, 11) is 0. The first-order valence-corrected chi connectivity index (χ1v) is 4.94. The molecule has 4 heteroatoms. The van der Waals surface area contributed by atoms with Gasteiger partial charge in [-0.2, -0.15) is 0 Å². The molecule has 0 amide bonds. The van der Waals surface area contributed by atoms with E-state index in [1.165, 1.54) is 17.4 Å². The molecule has 0 spiro atoms. The number of aromatic hydroxyl groups is 1. The highest BCUT2D eigenvalue weighted by atomic mass is 32.1. The van der Waals surface area contributed by atoms with Crippen molar-refractivity contribution in [1.82, 2.24) is 0 Å². The van der Waals surface area contributed by atoms with E-state index in [0.717, 1.165) is 10.1 Å². The molecule has 2 aromatic rings. The van der Waals surface area contributed by atoms with Crippen LogP contribution in [-0.4, -0.2) is 11.4 Å². The van der Waals surface area contributed by atoms with Gasteiger partial charge in [0.25, 0.3) is 0 Å². The average molecular weight is 210 g/mol. The molecule has 0 aliphatic carbocycles. The maximum Gasteiger partial charge on any atom is 0.151 e. The van der Waals surface area contributed by atoms with Crippen LogP contribution in [0.15, 0.2) is 22.4 Å². The molecule has 0 bridgehead atoms. The fourth-order valence-electron chi connectivity index (χ4n) is 1.22. The number of thiol groups is 1. The summed E-state index contributed by atoms with van der Waals surface area (Å²) in [6.45, 7) is 0. The van der Waals surface area contributed by atoms with Crippen molar-refractivity contribution in [2.75, 3.05) is 0 Å². The number of benzene rings is 1. The number of carbonyl (C=O) groups is 1. The number of hydrogen-bond acceptors (Lipinski definition) is 4. The molecule has 0 saturated carbocycles. The zero-order valence-electron chi connectivity index (χ0n) is 6.52. The van der Waals surface area contributed by atoms with Crippen LogP contribution < -0.4 is 0 Å². The summed E-state index contributed by atoms with van der Waals surface area (Å²) in [6.07, 6.45) is 0.694. The van der Waals surface area contributed by atoms with E-state index in [0.29, 0.717) is 16.7 Å². The maximum atomic E-state index is 10.6. The summed E-state index contributed by atoms with van der Waals surface area (Å²) in [6, 6.07) is 3.28. The third kappa shape index (κ3) is 1.22. The highest BCUT2D eigenvalue weighted by Gasteiger charge is 2.09. The molecule has 66 valence electrons. The van der Waals surface area contributed by atoms with Crippen LogP contribution in [0.4, 0.5) is 0 Å². The lowest BCUT2D eigenvalue weighted by molar-refractivity contribution is 0.112. The Morgan fingerprint density at radius 3 is 3.00 bits per heavy atom. The van der Waals surface area contributed by atoms with Crippen LogP contribution in [0.1, 0.15) is 10.4 Å². The number of aldehydes is 1. The fraction of sp³-hybridized carbons (Fsp3) is 0. The Morgan fingerprint density at radius 2 is 2.31 bits per heavy atom. The second-order valence-corrected chi connectivity index (χ2v) is 3.98. The standard InChI is InChI=1S/C9H6O2S2/c10-4-5-3-7(11)9-6(8(5)12)1-2-13-9/h1-4,11-12H. The highest BCUT2D eigenvalue weighted by molar-refractivity contribution is 7.80. The van der Waals surface area contributed by atoms with Gasteiger partial charge in [-0.25, -0.2) is 0 Å². The minimum absolute atomic E-state index is 0.143. The number of phenols is 1. The molecule has 0 fully saturated rings. The minimum atomic E-state index is 0.143. The molecule has 1 heterocycles. The van der Waals surface area contributed by atoms with Gasteiger partial charge in [-0.3, -0.25) is 4.79 Å². The van der Waals surface area contributed by atoms with Crippen LogP contribution in [0.25, 0.3) is 10.1 Å². The fourth-order valence-corrected chi connectivity index (χ4v) is 2.42. The second kappa shape index (κ2) is 3.05. The van der Waals surface area contributed by atoms with Crippen LogP contribution in [0, 0.1) is 0 Å². The number of thiophene rings is 1. The Balaban J connectivity index is 2.93. The van der Waals surface area contributed by atoms with Gasteiger partial charge >= 0.3 is 0 Å². The number of carbonyl (C=O) groups excluding carboxylic acids is 1. The van der Waals surface area contributed by atoms with E-state index in [-0.39, 0.29) is 5.75 Å². The van der Waals surface area contributed by atoms with Gasteiger partial charge < -0.3 is 5.11 Å². The number of hydrogen-bond donors (Lipinski definition) is 2. The third-order valence-electron chi connectivity index (χ3n) is 1.85. The van der Waals surface area contributed by atoms with E-state index in [4.69, 9.17) is 0 Å². The summed E-state index contributed by atoms with van der Waals surface area (Å²) in [5, 5.41) is 12.2. The molecule has 2 nitrogen and oxygen atoms in total. The van der Waals surface area contributed by atoms with Gasteiger partial charge in [0.15, 0.2) is 6.29 Å². The van der Waals surface area contributed by atoms with Gasteiger partial charge in [0, 0.05) is 15.8 Å². The Bertz CT molecular complexity index is 474. The zero-order valence-corrected chi connectivity index (χ0v) is 8.23. The molecule has 2 rings (SSSR count). The van der Waals surface area contributed by atoms with Crippen molar-refractivity contribution < 1.29 is 9.90 Å². The molecule has 13 heavy (non-hydrogen) atoms. The van der Waals surface area contributed by atoms with Gasteiger partial charge in [0.05, 0.1) is 4.70 Å². The predicted molar refractivity (Wildman–Crippen MR) is 56.1 cm³/mol. The van der Waals surface area contributed by atoms with E-state index < -0.39 is 0 Å². The van der Waals surface area contributed by atoms with Crippen LogP contribution in [0.5, 0.6) is 5.75 Å². The second-order valence-electron chi connectivity index (χ2n) is 2.61. The number of fused-ring (bicyclic) bond motifs is 1. The monoisotopic (exact) mass is 210 g/mol. The minimum Gasteiger partial charge on any atom is -0.506 e. The van der Waals surface area contributed by atoms with Crippen LogP contribution in [0.2, 0.25) is 0 Å². The van der Waals surface area contributed by atoms with Gasteiger partial charge in [-0.15, -0.1) is 24.0 Å². The molecule has 0 radical (unpaired) electrons. The largest absolute Gasteiger partial charge is 0.506 e. The smallest absolute Gasteiger partial charge is 0.151 e. The molecule has 0 aliphatic rings. The van der Waals surface area contributed by atoms with Crippen molar-refractivity contribution in [3.05, 3.63) is 23.1 Å². The van der Waals surface area contributed by atoms with Crippen molar-refractivity contribution in [3.63, 3.8) is 0 Å². The summed E-state index contributed by atoms with van der Waals surface area (Å²) in [4.78, 5) is 11.2. The van der Waals surface area contributed by atoms with Crippen molar-refractivity contribution >= 4 is 40.3 Å². The number of rotatable bonds is 1. The quantitative estimate of drug-likeness (QED) is 0.561. The first-order chi connectivity index (χ1) is 6.24. The van der Waals surface area contributed by atoms with Gasteiger partial charge in [-0.05, 0) is 17.5 Å². The van der Waals surface area contributed by atoms with E-state index in [1.54, 1.807) is 0 Å². The van der Waals surface area contributed by atoms with Crippen molar-refractivity contribution in [2.45, 2.75) is 4.90 Å². The molecule has 0 unspecified atom stereocenters. The Kier molecular flexibility index (Phi) is 2.01. The van der Waals surface area contributed by atoms with E-state index >= 15 is 0 Å². The molecule has 1 aromatic carbocycles. The third-order valence-corrected chi connectivity index (χ3v) is 3.28. The van der Waals surface area contributed by atoms with Crippen molar-refractivity contribution in [1.29, 1.82) is 0 Å². The van der Waals surface area contributed by atoms with Gasteiger partial charge in [-0.1, -0.05) is 0 Å². The topological polar surface area (TPSA) is 37.3 Å². The van der Waals surface area contributed by atoms with E-state index in [2.05, 4.69) is 12.6 Å². The van der Waals surface area contributed by atoms with Gasteiger partial charge in [0.1, 0.15) is 5.75 Å². The molecule has 0 saturated heterocycles. The lowest BCUT2D eigenvalue weighted by atomic mass is 10.1. The van der Waals surface area contributed by atoms with Crippen LogP contribution in [0.3, 0.4) is 0 Å². The Morgan fingerprint density at radius 1 is 1.54 bits per heavy atom. The molecule has 0 atom stereocenters. The summed E-state index contributed by atoms with van der Waals surface area (Å²) < 4.78 is 0.774. The van der Waals surface area contributed by atoms with E-state index in [1.807, 2.05) is 11.4 Å². The predicted octanol–water partition coefficient (Wildman–Crippen LogP) is 2.71. The number of phenolic OH excluding ortho intramolecular Hbond substituents is 1. The summed E-state index contributed by atoms with van der Waals surface area (Å²) in [5.41, 5.74) is 0.423. The first kappa shape index (κ1) is 8.59. The van der Waals surface area contributed by atoms with Gasteiger partial charge in [0.2, 0.25) is 0 Å². The molecule has 1 N–H and O–H groups in total. The van der Waals surface area contributed by atoms with Crippen LogP contribution >= 0.6 is 24.0 Å². The summed E-state index contributed by atoms with van der Waals surface area (Å²) in [5.74, 6) is 0.143. The molecule has 0 aliphatic heterocycles. The lowest BCUT2D eigenvalue weighted by Gasteiger charge is -2.01. The molecular weight excluding hydrogens is 204 g/mol. The summed E-state index contributed by atoms with van der Waals surface area (Å²) >= 11 is 5.65. The van der Waals surface area contributed by atoms with E-state index in [9.17, 15) is 9.90 Å². The first-order valence-electron chi connectivity index (χ1n) is 3.61. The van der Waals surface area contributed by atoms with Crippen molar-refractivity contribution in [2.24, 2.45) is 0 Å². The lowest BCUT2D eigenvalue weighted by Crippen LogP contribution is -1.82. The zero-order chi connectivity index (χ0) is 9.42.